The zero-order valence-electron chi connectivity index (χ0n) is 13.9. The van der Waals surface area contributed by atoms with E-state index in [0.717, 1.165) is 12.8 Å². The number of carbonyl (C=O) groups excluding carboxylic acids is 1. The minimum atomic E-state index is -3.04. The molecule has 2 rings (SSSR count). The van der Waals surface area contributed by atoms with Crippen molar-refractivity contribution in [3.05, 3.63) is 28.3 Å². The molecule has 7 nitrogen and oxygen atoms in total. The first-order valence-electron chi connectivity index (χ1n) is 7.77. The van der Waals surface area contributed by atoms with Crippen LogP contribution in [0.4, 0.5) is 8.78 Å². The van der Waals surface area contributed by atoms with Crippen LogP contribution in [0.3, 0.4) is 0 Å². The van der Waals surface area contributed by atoms with Crippen LogP contribution < -0.4 is 20.3 Å². The molecule has 1 amide bonds. The Bertz CT molecular complexity index is 808. The average Bonchev–Trinajstić information content (AvgIpc) is 2.54. The van der Waals surface area contributed by atoms with Gasteiger partial charge in [0.05, 0.1) is 24.4 Å². The number of benzene rings is 1. The summed E-state index contributed by atoms with van der Waals surface area (Å²) >= 11 is 0. The fourth-order valence-electron chi connectivity index (χ4n) is 2.25. The van der Waals surface area contributed by atoms with Crippen LogP contribution in [0.15, 0.2) is 16.9 Å². The Morgan fingerprint density at radius 2 is 2.12 bits per heavy atom. The van der Waals surface area contributed by atoms with Crippen molar-refractivity contribution in [3.8, 4) is 11.5 Å². The number of unbranched alkanes of at least 4 members (excludes halogenated alkanes) is 1. The van der Waals surface area contributed by atoms with E-state index in [1.165, 1.54) is 19.2 Å². The molecular weight excluding hydrogens is 336 g/mol. The second kappa shape index (κ2) is 8.41. The van der Waals surface area contributed by atoms with Gasteiger partial charge in [-0.05, 0) is 12.5 Å². The third-order valence-electron chi connectivity index (χ3n) is 3.44. The summed E-state index contributed by atoms with van der Waals surface area (Å²) < 4.78 is 34.3. The van der Waals surface area contributed by atoms with Crippen molar-refractivity contribution in [1.29, 1.82) is 0 Å². The van der Waals surface area contributed by atoms with Crippen LogP contribution in [0.5, 0.6) is 11.5 Å². The molecule has 1 heterocycles. The lowest BCUT2D eigenvalue weighted by Crippen LogP contribution is -2.27. The van der Waals surface area contributed by atoms with Crippen LogP contribution >= 0.6 is 0 Å². The maximum absolute atomic E-state index is 12.5. The molecule has 1 aromatic carbocycles. The first-order chi connectivity index (χ1) is 11.9. The number of rotatable bonds is 8. The number of fused-ring (bicyclic) bond motifs is 1. The predicted octanol–water partition coefficient (Wildman–Crippen LogP) is 1.99. The Morgan fingerprint density at radius 1 is 1.36 bits per heavy atom. The van der Waals surface area contributed by atoms with Crippen molar-refractivity contribution < 1.29 is 23.0 Å². The lowest BCUT2D eigenvalue weighted by atomic mass is 10.2. The molecule has 0 saturated heterocycles. The molecule has 9 heteroatoms. The fourth-order valence-corrected chi connectivity index (χ4v) is 2.25. The summed E-state index contributed by atoms with van der Waals surface area (Å²) in [6, 6.07) is 2.46. The molecule has 0 aliphatic rings. The number of hydrogen-bond acceptors (Lipinski definition) is 5. The lowest BCUT2D eigenvalue weighted by molar-refractivity contribution is -0.120. The van der Waals surface area contributed by atoms with Gasteiger partial charge in [0.1, 0.15) is 5.82 Å². The number of halogens is 2. The van der Waals surface area contributed by atoms with Gasteiger partial charge in [0.15, 0.2) is 11.5 Å². The maximum Gasteiger partial charge on any atom is 0.387 e. The number of alkyl halides is 2. The number of methoxy groups -OCH3 is 1. The molecule has 0 radical (unpaired) electrons. The van der Waals surface area contributed by atoms with Gasteiger partial charge in [-0.15, -0.1) is 0 Å². The second-order valence-electron chi connectivity index (χ2n) is 5.29. The Labute approximate surface area is 142 Å². The summed E-state index contributed by atoms with van der Waals surface area (Å²) in [5, 5.41) is 2.86. The second-order valence-corrected chi connectivity index (χ2v) is 5.29. The number of nitrogens with one attached hydrogen (secondary N) is 2. The molecule has 0 bridgehead atoms. The molecule has 0 aliphatic carbocycles. The molecule has 0 aliphatic heterocycles. The zero-order valence-corrected chi connectivity index (χ0v) is 13.9. The maximum atomic E-state index is 12.5. The monoisotopic (exact) mass is 355 g/mol. The third-order valence-corrected chi connectivity index (χ3v) is 3.44. The van der Waals surface area contributed by atoms with Gasteiger partial charge in [-0.1, -0.05) is 13.3 Å². The Balaban J connectivity index is 2.32. The van der Waals surface area contributed by atoms with Gasteiger partial charge in [0.25, 0.3) is 5.56 Å². The molecule has 25 heavy (non-hydrogen) atoms. The van der Waals surface area contributed by atoms with Gasteiger partial charge in [-0.25, -0.2) is 4.98 Å². The minimum Gasteiger partial charge on any atom is -0.493 e. The number of ether oxygens (including phenoxy) is 2. The molecule has 0 fully saturated rings. The molecular formula is C16H19F2N3O4. The van der Waals surface area contributed by atoms with Crippen molar-refractivity contribution in [1.82, 2.24) is 15.3 Å². The zero-order chi connectivity index (χ0) is 18.4. The molecule has 0 saturated carbocycles. The quantitative estimate of drug-likeness (QED) is 0.707. The number of nitrogens with zero attached hydrogens (tertiary/aromatic N) is 1. The molecule has 2 aromatic rings. The van der Waals surface area contributed by atoms with Crippen LogP contribution in [0.2, 0.25) is 0 Å². The number of hydrogen-bond donors (Lipinski definition) is 2. The first kappa shape index (κ1) is 18.6. The van der Waals surface area contributed by atoms with Gasteiger partial charge in [-0.3, -0.25) is 9.59 Å². The fraction of sp³-hybridized carbons (Fsp3) is 0.438. The SMILES string of the molecule is CCCCNC(=O)Cc1nc2cc(OC(F)F)c(OC)cc2c(=O)[nH]1. The summed E-state index contributed by atoms with van der Waals surface area (Å²) in [6.07, 6.45) is 1.67. The van der Waals surface area contributed by atoms with Crippen molar-refractivity contribution >= 4 is 16.8 Å². The molecule has 0 atom stereocenters. The van der Waals surface area contributed by atoms with Gasteiger partial charge >= 0.3 is 6.61 Å². The van der Waals surface area contributed by atoms with Crippen molar-refractivity contribution in [2.75, 3.05) is 13.7 Å². The largest absolute Gasteiger partial charge is 0.493 e. The molecule has 0 spiro atoms. The Morgan fingerprint density at radius 3 is 2.76 bits per heavy atom. The van der Waals surface area contributed by atoms with E-state index >= 15 is 0 Å². The van der Waals surface area contributed by atoms with E-state index in [1.54, 1.807) is 0 Å². The normalized spacial score (nSPS) is 10.9. The molecule has 1 aromatic heterocycles. The number of amides is 1. The standard InChI is InChI=1S/C16H19F2N3O4/c1-3-4-5-19-14(22)8-13-20-10-7-12(25-16(17)18)11(24-2)6-9(10)15(23)21-13/h6-7,16H,3-5,8H2,1-2H3,(H,19,22)(H,20,21,23). The Kier molecular flexibility index (Phi) is 6.26. The highest BCUT2D eigenvalue weighted by molar-refractivity contribution is 5.83. The average molecular weight is 355 g/mol. The number of aromatic nitrogens is 2. The van der Waals surface area contributed by atoms with Crippen molar-refractivity contribution in [2.45, 2.75) is 32.8 Å². The molecule has 136 valence electrons. The van der Waals surface area contributed by atoms with Crippen LogP contribution in [-0.4, -0.2) is 36.1 Å². The highest BCUT2D eigenvalue weighted by Gasteiger charge is 2.15. The van der Waals surface area contributed by atoms with Gasteiger partial charge < -0.3 is 19.8 Å². The number of carbonyl (C=O) groups is 1. The first-order valence-corrected chi connectivity index (χ1v) is 7.77. The van der Waals surface area contributed by atoms with Crippen LogP contribution in [0, 0.1) is 0 Å². The lowest BCUT2D eigenvalue weighted by Gasteiger charge is -2.11. The van der Waals surface area contributed by atoms with E-state index in [0.29, 0.717) is 6.54 Å². The molecule has 2 N–H and O–H groups in total. The van der Waals surface area contributed by atoms with Crippen molar-refractivity contribution in [3.63, 3.8) is 0 Å². The highest BCUT2D eigenvalue weighted by Crippen LogP contribution is 2.31. The molecule has 0 unspecified atom stereocenters. The topological polar surface area (TPSA) is 93.3 Å². The summed E-state index contributed by atoms with van der Waals surface area (Å²) in [4.78, 5) is 30.7. The van der Waals surface area contributed by atoms with Crippen LogP contribution in [0.1, 0.15) is 25.6 Å². The minimum absolute atomic E-state index is 0.00911. The number of aromatic amines is 1. The summed E-state index contributed by atoms with van der Waals surface area (Å²) in [5.74, 6) is -0.389. The smallest absolute Gasteiger partial charge is 0.387 e. The van der Waals surface area contributed by atoms with E-state index in [1.807, 2.05) is 6.92 Å². The van der Waals surface area contributed by atoms with Gasteiger partial charge in [0.2, 0.25) is 5.91 Å². The van der Waals surface area contributed by atoms with E-state index in [4.69, 9.17) is 4.74 Å². The van der Waals surface area contributed by atoms with Crippen molar-refractivity contribution in [2.24, 2.45) is 0 Å². The van der Waals surface area contributed by atoms with Crippen LogP contribution in [0.25, 0.3) is 10.9 Å². The van der Waals surface area contributed by atoms with E-state index in [2.05, 4.69) is 20.0 Å². The number of H-pyrrole nitrogens is 1. The highest BCUT2D eigenvalue weighted by atomic mass is 19.3. The van der Waals surface area contributed by atoms with E-state index < -0.39 is 12.2 Å². The van der Waals surface area contributed by atoms with E-state index in [-0.39, 0.29) is 40.6 Å². The Hall–Kier alpha value is -2.71. The van der Waals surface area contributed by atoms with Gasteiger partial charge in [0, 0.05) is 12.6 Å². The summed E-state index contributed by atoms with van der Waals surface area (Å²) in [6.45, 7) is -0.504. The summed E-state index contributed by atoms with van der Waals surface area (Å²) in [7, 11) is 1.27. The van der Waals surface area contributed by atoms with E-state index in [9.17, 15) is 18.4 Å². The summed E-state index contributed by atoms with van der Waals surface area (Å²) in [5.41, 5.74) is -0.361. The van der Waals surface area contributed by atoms with Gasteiger partial charge in [-0.2, -0.15) is 8.78 Å². The predicted molar refractivity (Wildman–Crippen MR) is 87.2 cm³/mol. The third kappa shape index (κ3) is 4.88. The van der Waals surface area contributed by atoms with Crippen LogP contribution in [-0.2, 0) is 11.2 Å².